The van der Waals surface area contributed by atoms with Crippen LogP contribution in [-0.2, 0) is 21.1 Å². The van der Waals surface area contributed by atoms with Crippen LogP contribution in [0, 0.1) is 13.8 Å². The summed E-state index contributed by atoms with van der Waals surface area (Å²) >= 11 is 6.32. The molecule has 0 amide bonds. The predicted octanol–water partition coefficient (Wildman–Crippen LogP) is 3.34. The molecule has 10 heteroatoms. The standard InChI is InChI=1S/C18H21ClN2O6S/c1-6-21-17(27-18(23)26-7-2)13(9-20-21)15(22)12-8-10(3)16(28(5,24)25)11(4)14(12)19/h8-9H,6-7H2,1-5H3. The van der Waals surface area contributed by atoms with E-state index in [0.29, 0.717) is 12.1 Å². The molecule has 0 bridgehead atoms. The Kier molecular flexibility index (Phi) is 6.51. The number of halogens is 1. The van der Waals surface area contributed by atoms with Gasteiger partial charge in [-0.3, -0.25) is 4.79 Å². The fraction of sp³-hybridized carbons (Fsp3) is 0.389. The van der Waals surface area contributed by atoms with E-state index < -0.39 is 21.8 Å². The van der Waals surface area contributed by atoms with Gasteiger partial charge in [-0.1, -0.05) is 11.6 Å². The van der Waals surface area contributed by atoms with Gasteiger partial charge in [-0.05, 0) is 44.9 Å². The van der Waals surface area contributed by atoms with E-state index >= 15 is 0 Å². The number of rotatable bonds is 6. The van der Waals surface area contributed by atoms with Gasteiger partial charge in [0, 0.05) is 18.4 Å². The lowest BCUT2D eigenvalue weighted by Crippen LogP contribution is -2.16. The highest BCUT2D eigenvalue weighted by molar-refractivity contribution is 7.90. The molecule has 28 heavy (non-hydrogen) atoms. The lowest BCUT2D eigenvalue weighted by molar-refractivity contribution is 0.0978. The van der Waals surface area contributed by atoms with E-state index in [1.165, 1.54) is 23.9 Å². The third-order valence-electron chi connectivity index (χ3n) is 4.02. The fourth-order valence-corrected chi connectivity index (χ4v) is 4.51. The first kappa shape index (κ1) is 21.9. The average molecular weight is 429 g/mol. The van der Waals surface area contributed by atoms with Crippen molar-refractivity contribution in [3.05, 3.63) is 39.5 Å². The Morgan fingerprint density at radius 3 is 2.39 bits per heavy atom. The molecule has 0 fully saturated rings. The number of aryl methyl sites for hydroxylation is 2. The molecule has 0 unspecified atom stereocenters. The second kappa shape index (κ2) is 8.32. The molecule has 0 saturated carbocycles. The third-order valence-corrected chi connectivity index (χ3v) is 5.87. The van der Waals surface area contributed by atoms with Crippen LogP contribution in [0.3, 0.4) is 0 Å². The molecule has 8 nitrogen and oxygen atoms in total. The van der Waals surface area contributed by atoms with E-state index in [0.717, 1.165) is 6.26 Å². The van der Waals surface area contributed by atoms with Crippen LogP contribution in [0.15, 0.2) is 17.2 Å². The molecule has 1 aromatic carbocycles. The fourth-order valence-electron chi connectivity index (χ4n) is 2.91. The van der Waals surface area contributed by atoms with Gasteiger partial charge in [0.1, 0.15) is 5.56 Å². The number of hydrogen-bond donors (Lipinski definition) is 0. The number of nitrogens with zero attached hydrogens (tertiary/aromatic N) is 2. The van der Waals surface area contributed by atoms with Gasteiger partial charge in [-0.2, -0.15) is 5.10 Å². The molecule has 0 saturated heterocycles. The van der Waals surface area contributed by atoms with Crippen molar-refractivity contribution in [2.75, 3.05) is 12.9 Å². The molecule has 152 valence electrons. The first-order chi connectivity index (χ1) is 13.0. The molecule has 0 N–H and O–H groups in total. The van der Waals surface area contributed by atoms with Crippen molar-refractivity contribution in [1.82, 2.24) is 9.78 Å². The van der Waals surface area contributed by atoms with Crippen molar-refractivity contribution in [2.45, 2.75) is 39.1 Å². The van der Waals surface area contributed by atoms with Crippen molar-refractivity contribution in [1.29, 1.82) is 0 Å². The second-order valence-electron chi connectivity index (χ2n) is 6.07. The summed E-state index contributed by atoms with van der Waals surface area (Å²) in [6, 6.07) is 1.41. The van der Waals surface area contributed by atoms with Crippen LogP contribution < -0.4 is 4.74 Å². The van der Waals surface area contributed by atoms with Crippen molar-refractivity contribution in [2.24, 2.45) is 0 Å². The highest BCUT2D eigenvalue weighted by atomic mass is 35.5. The number of sulfone groups is 1. The average Bonchev–Trinajstić information content (AvgIpc) is 2.99. The minimum atomic E-state index is -3.52. The van der Waals surface area contributed by atoms with Crippen LogP contribution in [0.25, 0.3) is 0 Å². The van der Waals surface area contributed by atoms with E-state index in [9.17, 15) is 18.0 Å². The summed E-state index contributed by atoms with van der Waals surface area (Å²) in [5, 5.41) is 4.07. The third kappa shape index (κ3) is 4.20. The number of hydrogen-bond acceptors (Lipinski definition) is 7. The molecule has 0 aliphatic carbocycles. The van der Waals surface area contributed by atoms with Gasteiger partial charge in [-0.15, -0.1) is 0 Å². The summed E-state index contributed by atoms with van der Waals surface area (Å²) < 4.78 is 35.3. The second-order valence-corrected chi connectivity index (χ2v) is 8.41. The molecule has 0 aliphatic heterocycles. The molecule has 0 aliphatic rings. The Hall–Kier alpha value is -2.39. The van der Waals surface area contributed by atoms with Crippen LogP contribution in [-0.4, -0.2) is 43.0 Å². The molecule has 0 radical (unpaired) electrons. The van der Waals surface area contributed by atoms with Gasteiger partial charge < -0.3 is 9.47 Å². The van der Waals surface area contributed by atoms with Crippen molar-refractivity contribution < 1.29 is 27.5 Å². The molecule has 2 aromatic rings. The zero-order valence-corrected chi connectivity index (χ0v) is 17.8. The maximum Gasteiger partial charge on any atom is 0.515 e. The summed E-state index contributed by atoms with van der Waals surface area (Å²) in [6.07, 6.45) is 1.39. The lowest BCUT2D eigenvalue weighted by Gasteiger charge is -2.14. The van der Waals surface area contributed by atoms with E-state index in [1.54, 1.807) is 20.8 Å². The van der Waals surface area contributed by atoms with Gasteiger partial charge in [-0.25, -0.2) is 17.9 Å². The van der Waals surface area contributed by atoms with Crippen molar-refractivity contribution >= 4 is 33.4 Å². The van der Waals surface area contributed by atoms with Crippen molar-refractivity contribution in [3.8, 4) is 5.88 Å². The zero-order valence-electron chi connectivity index (χ0n) is 16.2. The Morgan fingerprint density at radius 2 is 1.86 bits per heavy atom. The number of carbonyl (C=O) groups is 2. The molecule has 0 spiro atoms. The van der Waals surface area contributed by atoms with Crippen molar-refractivity contribution in [3.63, 3.8) is 0 Å². The normalized spacial score (nSPS) is 11.4. The molecule has 2 rings (SSSR count). The first-order valence-electron chi connectivity index (χ1n) is 8.47. The Labute approximate surface area is 168 Å². The van der Waals surface area contributed by atoms with Gasteiger partial charge in [0.15, 0.2) is 9.84 Å². The number of benzene rings is 1. The topological polar surface area (TPSA) is 105 Å². The quantitative estimate of drug-likeness (QED) is 0.513. The number of ketones is 1. The summed E-state index contributed by atoms with van der Waals surface area (Å²) in [5.74, 6) is -0.611. The van der Waals surface area contributed by atoms with Gasteiger partial charge in [0.2, 0.25) is 11.7 Å². The molecule has 0 atom stereocenters. The summed E-state index contributed by atoms with van der Waals surface area (Å²) in [5.41, 5.74) is 0.780. The summed E-state index contributed by atoms with van der Waals surface area (Å²) in [7, 11) is -3.52. The Morgan fingerprint density at radius 1 is 1.21 bits per heavy atom. The summed E-state index contributed by atoms with van der Waals surface area (Å²) in [4.78, 5) is 24.9. The first-order valence-corrected chi connectivity index (χ1v) is 10.7. The lowest BCUT2D eigenvalue weighted by atomic mass is 10.0. The van der Waals surface area contributed by atoms with Crippen LogP contribution in [0.4, 0.5) is 4.79 Å². The number of ether oxygens (including phenoxy) is 2. The van der Waals surface area contributed by atoms with Crippen LogP contribution >= 0.6 is 11.6 Å². The minimum Gasteiger partial charge on any atom is -0.434 e. The SMILES string of the molecule is CCOC(=O)Oc1c(C(=O)c2cc(C)c(S(C)(=O)=O)c(C)c2Cl)cnn1CC. The smallest absolute Gasteiger partial charge is 0.434 e. The highest BCUT2D eigenvalue weighted by Crippen LogP contribution is 2.33. The molecular weight excluding hydrogens is 408 g/mol. The van der Waals surface area contributed by atoms with Gasteiger partial charge >= 0.3 is 6.16 Å². The zero-order chi connectivity index (χ0) is 21.2. The number of aromatic nitrogens is 2. The predicted molar refractivity (Wildman–Crippen MR) is 103 cm³/mol. The Balaban J connectivity index is 2.59. The highest BCUT2D eigenvalue weighted by Gasteiger charge is 2.27. The minimum absolute atomic E-state index is 0.0161. The maximum atomic E-state index is 13.1. The van der Waals surface area contributed by atoms with E-state index in [1.807, 2.05) is 0 Å². The van der Waals surface area contributed by atoms with E-state index in [-0.39, 0.29) is 39.1 Å². The largest absolute Gasteiger partial charge is 0.515 e. The van der Waals surface area contributed by atoms with Crippen LogP contribution in [0.5, 0.6) is 5.88 Å². The number of carbonyl (C=O) groups excluding carboxylic acids is 2. The monoisotopic (exact) mass is 428 g/mol. The maximum absolute atomic E-state index is 13.1. The van der Waals surface area contributed by atoms with E-state index in [2.05, 4.69) is 5.10 Å². The van der Waals surface area contributed by atoms with E-state index in [4.69, 9.17) is 21.1 Å². The van der Waals surface area contributed by atoms with Gasteiger partial charge in [0.25, 0.3) is 0 Å². The molecule has 1 heterocycles. The van der Waals surface area contributed by atoms with Gasteiger partial charge in [0.05, 0.1) is 22.7 Å². The van der Waals surface area contributed by atoms with Crippen LogP contribution in [0.1, 0.15) is 40.9 Å². The Bertz CT molecular complexity index is 1040. The molecular formula is C18H21ClN2O6S. The van der Waals surface area contributed by atoms with Crippen LogP contribution in [0.2, 0.25) is 5.02 Å². The molecule has 1 aromatic heterocycles. The summed E-state index contributed by atoms with van der Waals surface area (Å²) in [6.45, 7) is 6.97.